The Hall–Kier alpha value is -2.97. The van der Waals surface area contributed by atoms with Crippen molar-refractivity contribution in [2.24, 2.45) is 17.8 Å². The largest absolute Gasteiger partial charge is 0.466 e. The van der Waals surface area contributed by atoms with E-state index in [9.17, 15) is 9.59 Å². The van der Waals surface area contributed by atoms with E-state index in [1.807, 2.05) is 37.3 Å². The number of hydrogen-bond acceptors (Lipinski definition) is 4. The molecule has 3 rings (SSSR count). The Morgan fingerprint density at radius 1 is 0.800 bits per heavy atom. The zero-order chi connectivity index (χ0) is 28.9. The summed E-state index contributed by atoms with van der Waals surface area (Å²) >= 11 is 0. The lowest BCUT2D eigenvalue weighted by Gasteiger charge is -2.31. The van der Waals surface area contributed by atoms with Crippen molar-refractivity contribution in [1.82, 2.24) is 0 Å². The number of ether oxygens (including phenoxy) is 2. The Balaban J connectivity index is 1.87. The number of benzene rings is 3. The Kier molecular flexibility index (Phi) is 12.9. The van der Waals surface area contributed by atoms with Crippen molar-refractivity contribution < 1.29 is 19.1 Å². The van der Waals surface area contributed by atoms with E-state index < -0.39 is 7.92 Å². The molecule has 0 heterocycles. The van der Waals surface area contributed by atoms with E-state index in [-0.39, 0.29) is 35.8 Å². The van der Waals surface area contributed by atoms with Gasteiger partial charge in [0.25, 0.3) is 0 Å². The maximum atomic E-state index is 13.9. The molecule has 0 unspecified atom stereocenters. The SMILES string of the molecule is CCCC[C@H](CC(=O)OCC)C[C@H](C)[C@@H](OC(=O)c1ccccc1P(c1ccccc1)c1ccccc1)C(C)C. The van der Waals surface area contributed by atoms with Gasteiger partial charge in [-0.1, -0.05) is 119 Å². The van der Waals surface area contributed by atoms with Crippen LogP contribution in [0.5, 0.6) is 0 Å². The second kappa shape index (κ2) is 16.3. The minimum atomic E-state index is -0.942. The van der Waals surface area contributed by atoms with Crippen molar-refractivity contribution in [3.63, 3.8) is 0 Å². The highest BCUT2D eigenvalue weighted by molar-refractivity contribution is 7.80. The number of unbranched alkanes of at least 4 members (excludes halogenated alkanes) is 1. The van der Waals surface area contributed by atoms with E-state index in [2.05, 4.69) is 82.3 Å². The first kappa shape index (κ1) is 31.6. The van der Waals surface area contributed by atoms with Crippen molar-refractivity contribution in [3.05, 3.63) is 90.5 Å². The minimum absolute atomic E-state index is 0.108. The smallest absolute Gasteiger partial charge is 0.339 e. The maximum Gasteiger partial charge on any atom is 0.339 e. The van der Waals surface area contributed by atoms with E-state index in [1.54, 1.807) is 0 Å². The van der Waals surface area contributed by atoms with Crippen LogP contribution in [0.3, 0.4) is 0 Å². The summed E-state index contributed by atoms with van der Waals surface area (Å²) in [6.07, 6.45) is 4.10. The van der Waals surface area contributed by atoms with Crippen LogP contribution < -0.4 is 15.9 Å². The summed E-state index contributed by atoms with van der Waals surface area (Å²) in [4.78, 5) is 26.2. The predicted molar refractivity (Wildman–Crippen MR) is 167 cm³/mol. The molecule has 4 nitrogen and oxygen atoms in total. The monoisotopic (exact) mass is 560 g/mol. The fourth-order valence-corrected chi connectivity index (χ4v) is 7.87. The highest BCUT2D eigenvalue weighted by atomic mass is 31.1. The predicted octanol–water partition coefficient (Wildman–Crippen LogP) is 7.41. The van der Waals surface area contributed by atoms with Crippen LogP contribution >= 0.6 is 7.92 Å². The molecular formula is C35H45O4P. The summed E-state index contributed by atoms with van der Waals surface area (Å²) in [6.45, 7) is 10.8. The third kappa shape index (κ3) is 9.03. The molecule has 0 aliphatic heterocycles. The van der Waals surface area contributed by atoms with Crippen LogP contribution in [-0.2, 0) is 14.3 Å². The molecule has 0 fully saturated rings. The van der Waals surface area contributed by atoms with Crippen LogP contribution in [0.1, 0.15) is 77.1 Å². The quantitative estimate of drug-likeness (QED) is 0.143. The van der Waals surface area contributed by atoms with Crippen molar-refractivity contribution >= 4 is 35.8 Å². The molecule has 0 amide bonds. The first-order valence-corrected chi connectivity index (χ1v) is 16.1. The van der Waals surface area contributed by atoms with Gasteiger partial charge in [0.05, 0.1) is 12.2 Å². The molecule has 40 heavy (non-hydrogen) atoms. The lowest BCUT2D eigenvalue weighted by Crippen LogP contribution is -2.34. The second-order valence-electron chi connectivity index (χ2n) is 10.9. The van der Waals surface area contributed by atoms with E-state index in [4.69, 9.17) is 9.47 Å². The molecule has 0 aliphatic carbocycles. The Morgan fingerprint density at radius 3 is 1.93 bits per heavy atom. The maximum absolute atomic E-state index is 13.9. The molecule has 0 N–H and O–H groups in total. The van der Waals surface area contributed by atoms with Gasteiger partial charge in [-0.15, -0.1) is 0 Å². The highest BCUT2D eigenvalue weighted by Gasteiger charge is 2.30. The fourth-order valence-electron chi connectivity index (χ4n) is 5.43. The summed E-state index contributed by atoms with van der Waals surface area (Å²) in [6, 6.07) is 28.7. The summed E-state index contributed by atoms with van der Waals surface area (Å²) in [7, 11) is -0.942. The van der Waals surface area contributed by atoms with Gasteiger partial charge in [0.15, 0.2) is 0 Å². The van der Waals surface area contributed by atoms with Gasteiger partial charge in [-0.2, -0.15) is 0 Å². The fraction of sp³-hybridized carbons (Fsp3) is 0.429. The number of rotatable bonds is 15. The molecule has 0 spiro atoms. The van der Waals surface area contributed by atoms with E-state index >= 15 is 0 Å². The van der Waals surface area contributed by atoms with Gasteiger partial charge < -0.3 is 9.47 Å². The third-order valence-electron chi connectivity index (χ3n) is 7.29. The summed E-state index contributed by atoms with van der Waals surface area (Å²) in [5, 5.41) is 3.38. The molecule has 0 aliphatic rings. The number of esters is 2. The van der Waals surface area contributed by atoms with Crippen LogP contribution in [0, 0.1) is 17.8 Å². The zero-order valence-electron chi connectivity index (χ0n) is 24.7. The van der Waals surface area contributed by atoms with Crippen LogP contribution in [0.2, 0.25) is 0 Å². The third-order valence-corrected chi connectivity index (χ3v) is 9.79. The number of carbonyl (C=O) groups is 2. The second-order valence-corrected chi connectivity index (χ2v) is 13.1. The number of hydrogen-bond donors (Lipinski definition) is 0. The molecule has 214 valence electrons. The van der Waals surface area contributed by atoms with Crippen molar-refractivity contribution in [3.8, 4) is 0 Å². The summed E-state index contributed by atoms with van der Waals surface area (Å²) in [5.74, 6) is 0.0432. The normalized spacial score (nSPS) is 13.6. The average molecular weight is 561 g/mol. The molecule has 0 bridgehead atoms. The van der Waals surface area contributed by atoms with Crippen LogP contribution in [0.4, 0.5) is 0 Å². The Labute approximate surface area is 242 Å². The Bertz CT molecular complexity index is 1140. The zero-order valence-corrected chi connectivity index (χ0v) is 25.6. The molecule has 5 heteroatoms. The van der Waals surface area contributed by atoms with Crippen LogP contribution in [0.25, 0.3) is 0 Å². The first-order valence-electron chi connectivity index (χ1n) is 14.7. The molecule has 0 aromatic heterocycles. The van der Waals surface area contributed by atoms with Gasteiger partial charge in [0.2, 0.25) is 0 Å². The molecule has 0 saturated carbocycles. The van der Waals surface area contributed by atoms with E-state index in [0.717, 1.165) is 31.0 Å². The molecule has 0 saturated heterocycles. The van der Waals surface area contributed by atoms with E-state index in [1.165, 1.54) is 10.6 Å². The van der Waals surface area contributed by atoms with Crippen molar-refractivity contribution in [2.75, 3.05) is 6.61 Å². The van der Waals surface area contributed by atoms with Gasteiger partial charge in [0.1, 0.15) is 6.10 Å². The van der Waals surface area contributed by atoms with Gasteiger partial charge in [-0.25, -0.2) is 4.79 Å². The minimum Gasteiger partial charge on any atom is -0.466 e. The van der Waals surface area contributed by atoms with Crippen LogP contribution in [-0.4, -0.2) is 24.6 Å². The molecule has 3 aromatic carbocycles. The Morgan fingerprint density at radius 2 is 1.38 bits per heavy atom. The summed E-state index contributed by atoms with van der Waals surface area (Å²) in [5.41, 5.74) is 0.619. The van der Waals surface area contributed by atoms with Gasteiger partial charge in [-0.3, -0.25) is 4.79 Å². The molecular weight excluding hydrogens is 515 g/mol. The van der Waals surface area contributed by atoms with Gasteiger partial charge in [0, 0.05) is 6.42 Å². The van der Waals surface area contributed by atoms with Crippen LogP contribution in [0.15, 0.2) is 84.9 Å². The lowest BCUT2D eigenvalue weighted by molar-refractivity contribution is -0.144. The molecule has 0 radical (unpaired) electrons. The van der Waals surface area contributed by atoms with Crippen molar-refractivity contribution in [1.29, 1.82) is 0 Å². The summed E-state index contributed by atoms with van der Waals surface area (Å²) < 4.78 is 11.6. The van der Waals surface area contributed by atoms with Crippen molar-refractivity contribution in [2.45, 2.75) is 72.8 Å². The van der Waals surface area contributed by atoms with Gasteiger partial charge >= 0.3 is 11.9 Å². The highest BCUT2D eigenvalue weighted by Crippen LogP contribution is 2.35. The molecule has 3 aromatic rings. The van der Waals surface area contributed by atoms with E-state index in [0.29, 0.717) is 18.6 Å². The first-order chi connectivity index (χ1) is 19.3. The average Bonchev–Trinajstić information content (AvgIpc) is 2.96. The van der Waals surface area contributed by atoms with Gasteiger partial charge in [-0.05, 0) is 67.4 Å². The lowest BCUT2D eigenvalue weighted by atomic mass is 9.83. The molecule has 3 atom stereocenters. The topological polar surface area (TPSA) is 52.6 Å². The number of carbonyl (C=O) groups excluding carboxylic acids is 2. The standard InChI is InChI=1S/C35H45O4P/c1-6-8-17-28(25-33(36)38-7-2)24-27(5)34(26(3)4)39-35(37)31-22-15-16-23-32(31)40(29-18-11-9-12-19-29)30-20-13-10-14-21-30/h9-16,18-23,26-28,34H,6-8,17,24-25H2,1-5H3/t27-,28-,34-/m0/s1.